The second-order valence-corrected chi connectivity index (χ2v) is 10.6. The quantitative estimate of drug-likeness (QED) is 0.445. The van der Waals surface area contributed by atoms with Crippen LogP contribution < -0.4 is 15.5 Å². The van der Waals surface area contributed by atoms with Crippen molar-refractivity contribution in [1.82, 2.24) is 25.3 Å². The lowest BCUT2D eigenvalue weighted by atomic mass is 9.94. The number of carbonyl (C=O) groups is 1. The molecule has 3 N–H and O–H groups in total. The van der Waals surface area contributed by atoms with Crippen LogP contribution >= 0.6 is 0 Å². The maximum absolute atomic E-state index is 14.7. The van der Waals surface area contributed by atoms with Gasteiger partial charge in [0, 0.05) is 49.8 Å². The van der Waals surface area contributed by atoms with E-state index in [9.17, 15) is 14.3 Å². The summed E-state index contributed by atoms with van der Waals surface area (Å²) in [6.45, 7) is 7.30. The minimum Gasteiger partial charge on any atom is -0.390 e. The molecule has 2 fully saturated rings. The first-order chi connectivity index (χ1) is 18.2. The minimum atomic E-state index is -1.74. The Morgan fingerprint density at radius 2 is 1.95 bits per heavy atom. The van der Waals surface area contributed by atoms with Crippen molar-refractivity contribution in [3.63, 3.8) is 0 Å². The normalized spacial score (nSPS) is 22.6. The number of piperidine rings is 1. The highest BCUT2D eigenvalue weighted by molar-refractivity contribution is 6.06. The molecule has 0 unspecified atom stereocenters. The van der Waals surface area contributed by atoms with Crippen molar-refractivity contribution < 1.29 is 19.0 Å². The van der Waals surface area contributed by atoms with E-state index < -0.39 is 11.8 Å². The van der Waals surface area contributed by atoms with Crippen LogP contribution in [-0.4, -0.2) is 75.1 Å². The predicted molar refractivity (Wildman–Crippen MR) is 143 cm³/mol. The van der Waals surface area contributed by atoms with Crippen LogP contribution in [0.2, 0.25) is 0 Å². The lowest BCUT2D eigenvalue weighted by Gasteiger charge is -2.38. The molecule has 2 aliphatic rings. The first-order valence-corrected chi connectivity index (χ1v) is 13.1. The number of carbonyl (C=O) groups excluding carboxylic acids is 1. The monoisotopic (exact) mass is 523 g/mol. The molecule has 0 aromatic carbocycles. The molecule has 2 saturated heterocycles. The topological polar surface area (TPSA) is 125 Å². The van der Waals surface area contributed by atoms with Gasteiger partial charge in [-0.15, -0.1) is 0 Å². The molecule has 2 aliphatic heterocycles. The Hall–Kier alpha value is -3.44. The van der Waals surface area contributed by atoms with Gasteiger partial charge in [-0.2, -0.15) is 4.98 Å². The van der Waals surface area contributed by atoms with Gasteiger partial charge in [-0.3, -0.25) is 9.78 Å². The van der Waals surface area contributed by atoms with E-state index in [2.05, 4.69) is 44.4 Å². The molecule has 3 aromatic heterocycles. The zero-order valence-electron chi connectivity index (χ0n) is 21.9. The van der Waals surface area contributed by atoms with E-state index >= 15 is 0 Å². The number of aliphatic hydroxyl groups excluding tert-OH is 1. The number of hydrogen-bond donors (Lipinski definition) is 3. The number of alkyl halides is 1. The molecule has 0 saturated carbocycles. The van der Waals surface area contributed by atoms with Gasteiger partial charge in [-0.05, 0) is 55.2 Å². The molecule has 0 spiro atoms. The van der Waals surface area contributed by atoms with Crippen molar-refractivity contribution in [2.24, 2.45) is 0 Å². The number of amides is 1. The molecule has 2 atom stereocenters. The van der Waals surface area contributed by atoms with Crippen LogP contribution in [0.4, 0.5) is 22.0 Å². The van der Waals surface area contributed by atoms with Crippen molar-refractivity contribution in [2.75, 3.05) is 36.5 Å². The summed E-state index contributed by atoms with van der Waals surface area (Å²) in [6.07, 6.45) is 5.89. The Morgan fingerprint density at radius 3 is 2.68 bits per heavy atom. The number of nitrogens with zero attached hydrogens (tertiary/aromatic N) is 5. The fraction of sp³-hybridized carbons (Fsp3) is 0.519. The van der Waals surface area contributed by atoms with Gasteiger partial charge in [0.25, 0.3) is 5.91 Å². The molecule has 202 valence electrons. The van der Waals surface area contributed by atoms with Crippen LogP contribution in [0.15, 0.2) is 30.7 Å². The predicted octanol–water partition coefficient (Wildman–Crippen LogP) is 3.49. The number of hydrogen-bond acceptors (Lipinski definition) is 9. The fourth-order valence-corrected chi connectivity index (χ4v) is 4.97. The lowest BCUT2D eigenvalue weighted by molar-refractivity contribution is -0.00860. The highest BCUT2D eigenvalue weighted by Gasteiger charge is 2.39. The van der Waals surface area contributed by atoms with E-state index in [0.29, 0.717) is 54.8 Å². The zero-order valence-corrected chi connectivity index (χ0v) is 21.9. The van der Waals surface area contributed by atoms with Gasteiger partial charge < -0.3 is 25.4 Å². The molecule has 0 bridgehead atoms. The van der Waals surface area contributed by atoms with Crippen molar-refractivity contribution >= 4 is 34.3 Å². The highest BCUT2D eigenvalue weighted by Crippen LogP contribution is 2.30. The van der Waals surface area contributed by atoms with E-state index in [0.717, 1.165) is 23.8 Å². The number of fused-ring (bicyclic) bond motifs is 1. The molecule has 0 radical (unpaired) electrons. The van der Waals surface area contributed by atoms with Gasteiger partial charge in [-0.25, -0.2) is 14.4 Å². The molecule has 3 aromatic rings. The smallest absolute Gasteiger partial charge is 0.270 e. The molecule has 5 heterocycles. The van der Waals surface area contributed by atoms with E-state index in [1.54, 1.807) is 29.6 Å². The summed E-state index contributed by atoms with van der Waals surface area (Å²) in [5, 5.41) is 17.8. The number of halogens is 1. The molecule has 38 heavy (non-hydrogen) atoms. The molecule has 1 amide bonds. The van der Waals surface area contributed by atoms with E-state index in [1.807, 2.05) is 6.07 Å². The molecule has 11 heteroatoms. The van der Waals surface area contributed by atoms with E-state index in [1.165, 1.54) is 6.92 Å². The summed E-state index contributed by atoms with van der Waals surface area (Å²) in [5.41, 5.74) is -0.382. The maximum Gasteiger partial charge on any atom is 0.270 e. The Kier molecular flexibility index (Phi) is 7.40. The van der Waals surface area contributed by atoms with Gasteiger partial charge in [0.1, 0.15) is 17.3 Å². The van der Waals surface area contributed by atoms with Crippen LogP contribution in [-0.2, 0) is 4.74 Å². The Balaban J connectivity index is 1.40. The Bertz CT molecular complexity index is 1310. The number of anilines is 3. The van der Waals surface area contributed by atoms with Crippen LogP contribution in [0, 0.1) is 0 Å². The molecule has 5 rings (SSSR count). The van der Waals surface area contributed by atoms with Gasteiger partial charge in [0.05, 0.1) is 12.6 Å². The molecule has 0 aliphatic carbocycles. The van der Waals surface area contributed by atoms with Crippen LogP contribution in [0.25, 0.3) is 10.8 Å². The van der Waals surface area contributed by atoms with E-state index in [-0.39, 0.29) is 24.4 Å². The summed E-state index contributed by atoms with van der Waals surface area (Å²) < 4.78 is 20.1. The van der Waals surface area contributed by atoms with Gasteiger partial charge in [0.15, 0.2) is 5.67 Å². The average molecular weight is 524 g/mol. The van der Waals surface area contributed by atoms with Gasteiger partial charge >= 0.3 is 0 Å². The average Bonchev–Trinajstić information content (AvgIpc) is 2.90. The zero-order chi connectivity index (χ0) is 26.9. The number of rotatable bonds is 6. The van der Waals surface area contributed by atoms with Crippen molar-refractivity contribution in [3.05, 3.63) is 42.0 Å². The summed E-state index contributed by atoms with van der Waals surface area (Å²) in [4.78, 5) is 32.8. The standard InChI is InChI=1S/C27H34FN7O3/c1-16(2)19-13-31-24(25(37)32-17-6-10-38-11-7-17)20-14-30-23(12-18(19)20)33-22-4-8-29-26(34-22)35-9-5-21(36)27(3,28)15-35/h4,8,12-14,16-17,21,36H,5-7,9-11,15H2,1-3H3,(H,32,37)(H,29,30,33,34)/t21-,27+/m1/s1. The van der Waals surface area contributed by atoms with Crippen LogP contribution in [0.3, 0.4) is 0 Å². The largest absolute Gasteiger partial charge is 0.390 e. The number of pyridine rings is 2. The number of ether oxygens (including phenoxy) is 1. The molecular weight excluding hydrogens is 489 g/mol. The van der Waals surface area contributed by atoms with Crippen molar-refractivity contribution in [2.45, 2.75) is 63.8 Å². The van der Waals surface area contributed by atoms with Crippen LogP contribution in [0.1, 0.15) is 62.0 Å². The lowest BCUT2D eigenvalue weighted by Crippen LogP contribution is -2.52. The summed E-state index contributed by atoms with van der Waals surface area (Å²) in [5.74, 6) is 1.40. The second-order valence-electron chi connectivity index (χ2n) is 10.6. The Labute approximate surface area is 221 Å². The SMILES string of the molecule is CC(C)c1cnc(C(=O)NC2CCOCC2)c2cnc(Nc3ccnc(N4CC[C@@H](O)[C@@](C)(F)C4)n3)cc12. The third-order valence-corrected chi connectivity index (χ3v) is 7.25. The van der Waals surface area contributed by atoms with E-state index in [4.69, 9.17) is 4.74 Å². The van der Waals surface area contributed by atoms with Gasteiger partial charge in [-0.1, -0.05) is 13.8 Å². The number of nitrogens with one attached hydrogen (secondary N) is 2. The first kappa shape index (κ1) is 26.2. The first-order valence-electron chi connectivity index (χ1n) is 13.1. The third kappa shape index (κ3) is 5.53. The maximum atomic E-state index is 14.7. The Morgan fingerprint density at radius 1 is 1.16 bits per heavy atom. The summed E-state index contributed by atoms with van der Waals surface area (Å²) >= 11 is 0. The number of aromatic nitrogens is 4. The molecule has 10 nitrogen and oxygen atoms in total. The highest BCUT2D eigenvalue weighted by atomic mass is 19.1. The third-order valence-electron chi connectivity index (χ3n) is 7.25. The van der Waals surface area contributed by atoms with Crippen LogP contribution in [0.5, 0.6) is 0 Å². The summed E-state index contributed by atoms with van der Waals surface area (Å²) in [6, 6.07) is 3.68. The van der Waals surface area contributed by atoms with Crippen molar-refractivity contribution in [3.8, 4) is 0 Å². The fourth-order valence-electron chi connectivity index (χ4n) is 4.97. The summed E-state index contributed by atoms with van der Waals surface area (Å²) in [7, 11) is 0. The number of aliphatic hydroxyl groups is 1. The second kappa shape index (κ2) is 10.7. The van der Waals surface area contributed by atoms with Crippen molar-refractivity contribution in [1.29, 1.82) is 0 Å². The minimum absolute atomic E-state index is 0.00924. The molecular formula is C27H34FN7O3. The van der Waals surface area contributed by atoms with Gasteiger partial charge in [0.2, 0.25) is 5.95 Å².